The minimum absolute atomic E-state index is 0. The van der Waals surface area contributed by atoms with E-state index >= 15 is 0 Å². The Morgan fingerprint density at radius 2 is 1.77 bits per heavy atom. The number of amides is 1. The summed E-state index contributed by atoms with van der Waals surface area (Å²) in [5, 5.41) is 9.95. The Labute approximate surface area is 176 Å². The molecule has 0 aliphatic rings. The Hall–Kier alpha value is -1.74. The van der Waals surface area contributed by atoms with Gasteiger partial charge in [-0.25, -0.2) is 0 Å². The lowest BCUT2D eigenvalue weighted by Gasteiger charge is -2.12. The molecule has 0 spiro atoms. The van der Waals surface area contributed by atoms with E-state index in [0.29, 0.717) is 18.0 Å². The first-order valence-corrected chi connectivity index (χ1v) is 8.66. The van der Waals surface area contributed by atoms with Gasteiger partial charge >= 0.3 is 0 Å². The molecule has 0 saturated carbocycles. The van der Waals surface area contributed by atoms with Crippen LogP contribution in [0.2, 0.25) is 5.02 Å². The summed E-state index contributed by atoms with van der Waals surface area (Å²) in [5.41, 5.74) is 0.754. The predicted molar refractivity (Wildman–Crippen MR) is 119 cm³/mol. The van der Waals surface area contributed by atoms with Gasteiger partial charge in [0.05, 0.1) is 0 Å². The monoisotopic (exact) mass is 489 g/mol. The second-order valence-corrected chi connectivity index (χ2v) is 5.94. The van der Waals surface area contributed by atoms with Crippen LogP contribution in [0.1, 0.15) is 12.8 Å². The zero-order valence-electron chi connectivity index (χ0n) is 14.7. The maximum atomic E-state index is 11.9. The molecule has 2 rings (SSSR count). The number of hydrogen-bond acceptors (Lipinski definition) is 2. The van der Waals surface area contributed by atoms with Crippen LogP contribution < -0.4 is 16.0 Å². The zero-order chi connectivity index (χ0) is 17.9. The number of guanidine groups is 1. The molecule has 8 heteroatoms. The summed E-state index contributed by atoms with van der Waals surface area (Å²) < 4.78 is 2.10. The first-order chi connectivity index (χ1) is 12.2. The van der Waals surface area contributed by atoms with Gasteiger partial charge in [0.25, 0.3) is 0 Å². The van der Waals surface area contributed by atoms with Crippen molar-refractivity contribution in [1.29, 1.82) is 0 Å². The molecular formula is C18H25ClIN5O. The molecular weight excluding hydrogens is 465 g/mol. The molecule has 0 unspecified atom stereocenters. The lowest BCUT2D eigenvalue weighted by molar-refractivity contribution is -0.116. The average molecular weight is 490 g/mol. The normalized spacial score (nSPS) is 10.8. The van der Waals surface area contributed by atoms with Crippen molar-refractivity contribution in [1.82, 2.24) is 15.2 Å². The predicted octanol–water partition coefficient (Wildman–Crippen LogP) is 3.34. The van der Waals surface area contributed by atoms with Gasteiger partial charge in [0.1, 0.15) is 0 Å². The molecule has 0 aliphatic carbocycles. The first kappa shape index (κ1) is 22.3. The number of nitrogens with zero attached hydrogens (tertiary/aromatic N) is 2. The molecule has 1 aromatic carbocycles. The third-order valence-electron chi connectivity index (χ3n) is 3.55. The largest absolute Gasteiger partial charge is 0.356 e. The van der Waals surface area contributed by atoms with Crippen molar-refractivity contribution in [3.63, 3.8) is 0 Å². The molecule has 0 atom stereocenters. The zero-order valence-corrected chi connectivity index (χ0v) is 17.8. The van der Waals surface area contributed by atoms with Crippen LogP contribution in [0, 0.1) is 0 Å². The number of anilines is 1. The summed E-state index contributed by atoms with van der Waals surface area (Å²) in [6.07, 6.45) is 5.21. The number of hydrogen-bond donors (Lipinski definition) is 3. The van der Waals surface area contributed by atoms with Crippen LogP contribution in [0.4, 0.5) is 5.69 Å². The Bertz CT molecular complexity index is 673. The van der Waals surface area contributed by atoms with Crippen LogP contribution in [0.15, 0.2) is 53.8 Å². The molecule has 6 nitrogen and oxygen atoms in total. The summed E-state index contributed by atoms with van der Waals surface area (Å²) in [5.74, 6) is 0.727. The van der Waals surface area contributed by atoms with Crippen molar-refractivity contribution in [2.45, 2.75) is 19.4 Å². The van der Waals surface area contributed by atoms with Gasteiger partial charge in [-0.05, 0) is 42.8 Å². The van der Waals surface area contributed by atoms with Gasteiger partial charge < -0.3 is 20.5 Å². The fourth-order valence-electron chi connectivity index (χ4n) is 2.26. The highest BCUT2D eigenvalue weighted by atomic mass is 127. The van der Waals surface area contributed by atoms with E-state index in [1.165, 1.54) is 0 Å². The Balaban J connectivity index is 0.00000338. The van der Waals surface area contributed by atoms with E-state index < -0.39 is 0 Å². The van der Waals surface area contributed by atoms with Crippen LogP contribution in [0.25, 0.3) is 0 Å². The SMILES string of the molecule is CN=C(NCCCC(=O)Nc1ccc(Cl)cc1)NCCn1cccc1.I. The van der Waals surface area contributed by atoms with Crippen molar-refractivity contribution in [3.05, 3.63) is 53.8 Å². The summed E-state index contributed by atoms with van der Waals surface area (Å²) in [7, 11) is 1.73. The van der Waals surface area contributed by atoms with E-state index in [9.17, 15) is 4.79 Å². The minimum Gasteiger partial charge on any atom is -0.356 e. The van der Waals surface area contributed by atoms with Crippen LogP contribution in [0.3, 0.4) is 0 Å². The van der Waals surface area contributed by atoms with Gasteiger partial charge in [-0.2, -0.15) is 0 Å². The Morgan fingerprint density at radius 1 is 1.12 bits per heavy atom. The molecule has 142 valence electrons. The quantitative estimate of drug-likeness (QED) is 0.231. The molecule has 26 heavy (non-hydrogen) atoms. The van der Waals surface area contributed by atoms with Crippen molar-refractivity contribution in [2.75, 3.05) is 25.5 Å². The minimum atomic E-state index is -0.0142. The van der Waals surface area contributed by atoms with E-state index in [2.05, 4.69) is 25.5 Å². The van der Waals surface area contributed by atoms with Crippen molar-refractivity contribution >= 4 is 53.1 Å². The lowest BCUT2D eigenvalue weighted by atomic mass is 10.2. The summed E-state index contributed by atoms with van der Waals surface area (Å²) >= 11 is 5.82. The number of aromatic nitrogens is 1. The number of carbonyl (C=O) groups excluding carboxylic acids is 1. The third kappa shape index (κ3) is 8.57. The Morgan fingerprint density at radius 3 is 2.42 bits per heavy atom. The molecule has 1 heterocycles. The molecule has 0 aliphatic heterocycles. The first-order valence-electron chi connectivity index (χ1n) is 8.28. The van der Waals surface area contributed by atoms with Crippen molar-refractivity contribution in [2.24, 2.45) is 4.99 Å². The summed E-state index contributed by atoms with van der Waals surface area (Å²) in [6.45, 7) is 2.33. The molecule has 2 aromatic rings. The standard InChI is InChI=1S/C18H24ClN5O.HI/c1-20-18(22-11-14-24-12-2-3-13-24)21-10-4-5-17(25)23-16-8-6-15(19)7-9-16;/h2-3,6-9,12-13H,4-5,10-11,14H2,1H3,(H,23,25)(H2,20,21,22);1H. The van der Waals surface area contributed by atoms with Gasteiger partial charge in [0.2, 0.25) is 5.91 Å². The molecule has 3 N–H and O–H groups in total. The van der Waals surface area contributed by atoms with Gasteiger partial charge in [-0.3, -0.25) is 9.79 Å². The number of nitrogens with one attached hydrogen (secondary N) is 3. The van der Waals surface area contributed by atoms with Crippen LogP contribution in [0.5, 0.6) is 0 Å². The number of benzene rings is 1. The van der Waals surface area contributed by atoms with E-state index in [-0.39, 0.29) is 29.9 Å². The summed E-state index contributed by atoms with van der Waals surface area (Å²) in [6, 6.07) is 11.1. The van der Waals surface area contributed by atoms with Gasteiger partial charge in [0.15, 0.2) is 5.96 Å². The molecule has 1 amide bonds. The number of halogens is 2. The second-order valence-electron chi connectivity index (χ2n) is 5.51. The number of aliphatic imine (C=N–C) groups is 1. The van der Waals surface area contributed by atoms with E-state index in [1.807, 2.05) is 24.5 Å². The van der Waals surface area contributed by atoms with Crippen molar-refractivity contribution < 1.29 is 4.79 Å². The highest BCUT2D eigenvalue weighted by molar-refractivity contribution is 14.0. The van der Waals surface area contributed by atoms with E-state index in [4.69, 9.17) is 11.6 Å². The maximum Gasteiger partial charge on any atom is 0.224 e. The topological polar surface area (TPSA) is 70.4 Å². The van der Waals surface area contributed by atoms with Crippen LogP contribution >= 0.6 is 35.6 Å². The van der Waals surface area contributed by atoms with Crippen molar-refractivity contribution in [3.8, 4) is 0 Å². The molecule has 0 bridgehead atoms. The fraction of sp³-hybridized carbons (Fsp3) is 0.333. The summed E-state index contributed by atoms with van der Waals surface area (Å²) in [4.78, 5) is 16.1. The average Bonchev–Trinajstić information content (AvgIpc) is 3.12. The Kier molecular flexibility index (Phi) is 10.8. The van der Waals surface area contributed by atoms with Gasteiger partial charge in [-0.1, -0.05) is 11.6 Å². The number of rotatable bonds is 8. The maximum absolute atomic E-state index is 11.9. The molecule has 0 fully saturated rings. The third-order valence-corrected chi connectivity index (χ3v) is 3.81. The van der Waals surface area contributed by atoms with Crippen LogP contribution in [-0.2, 0) is 11.3 Å². The van der Waals surface area contributed by atoms with E-state index in [0.717, 1.165) is 31.2 Å². The smallest absolute Gasteiger partial charge is 0.224 e. The highest BCUT2D eigenvalue weighted by Crippen LogP contribution is 2.13. The van der Waals surface area contributed by atoms with Gasteiger partial charge in [-0.15, -0.1) is 24.0 Å². The second kappa shape index (κ2) is 12.6. The van der Waals surface area contributed by atoms with E-state index in [1.54, 1.807) is 31.3 Å². The molecule has 0 saturated heterocycles. The van der Waals surface area contributed by atoms with Crippen LogP contribution in [-0.4, -0.2) is 36.6 Å². The number of carbonyl (C=O) groups is 1. The highest BCUT2D eigenvalue weighted by Gasteiger charge is 2.03. The lowest BCUT2D eigenvalue weighted by Crippen LogP contribution is -2.39. The fourth-order valence-corrected chi connectivity index (χ4v) is 2.38. The molecule has 1 aromatic heterocycles. The molecule has 0 radical (unpaired) electrons. The van der Waals surface area contributed by atoms with Gasteiger partial charge in [0, 0.05) is 56.2 Å².